The Kier molecular flexibility index (Phi) is 5.26. The standard InChI is InChI=1S/C14H28N2O/c1-3-5-13-11-15-8-9-16(13)12-6-4-7-14(10-12)17-2/h12-15H,3-11H2,1-2H3. The molecular formula is C14H28N2O. The van der Waals surface area contributed by atoms with Crippen molar-refractivity contribution in [3.05, 3.63) is 0 Å². The molecule has 17 heavy (non-hydrogen) atoms. The third-order valence-electron chi connectivity index (χ3n) is 4.42. The quantitative estimate of drug-likeness (QED) is 0.813. The van der Waals surface area contributed by atoms with E-state index in [1.54, 1.807) is 0 Å². The van der Waals surface area contributed by atoms with Gasteiger partial charge in [0.1, 0.15) is 0 Å². The molecule has 0 bridgehead atoms. The van der Waals surface area contributed by atoms with Crippen LogP contribution in [0.15, 0.2) is 0 Å². The average Bonchev–Trinajstić information content (AvgIpc) is 2.40. The van der Waals surface area contributed by atoms with Gasteiger partial charge in [-0.2, -0.15) is 0 Å². The van der Waals surface area contributed by atoms with Gasteiger partial charge in [-0.15, -0.1) is 0 Å². The molecule has 100 valence electrons. The van der Waals surface area contributed by atoms with Gasteiger partial charge in [0, 0.05) is 38.8 Å². The van der Waals surface area contributed by atoms with E-state index < -0.39 is 0 Å². The monoisotopic (exact) mass is 240 g/mol. The molecule has 0 aromatic rings. The summed E-state index contributed by atoms with van der Waals surface area (Å²) in [5.74, 6) is 0. The Bertz CT molecular complexity index is 220. The van der Waals surface area contributed by atoms with Crippen molar-refractivity contribution in [3.8, 4) is 0 Å². The van der Waals surface area contributed by atoms with Crippen molar-refractivity contribution in [3.63, 3.8) is 0 Å². The molecule has 2 aliphatic rings. The molecule has 3 nitrogen and oxygen atoms in total. The normalized spacial score (nSPS) is 36.0. The third-order valence-corrected chi connectivity index (χ3v) is 4.42. The van der Waals surface area contributed by atoms with Crippen LogP contribution in [0.2, 0.25) is 0 Å². The van der Waals surface area contributed by atoms with Crippen molar-refractivity contribution in [2.24, 2.45) is 0 Å². The number of nitrogens with one attached hydrogen (secondary N) is 1. The van der Waals surface area contributed by atoms with Crippen molar-refractivity contribution in [1.29, 1.82) is 0 Å². The highest BCUT2D eigenvalue weighted by Gasteiger charge is 2.31. The maximum Gasteiger partial charge on any atom is 0.0586 e. The first-order chi connectivity index (χ1) is 8.35. The summed E-state index contributed by atoms with van der Waals surface area (Å²) in [6.07, 6.45) is 8.36. The fraction of sp³-hybridized carbons (Fsp3) is 1.00. The lowest BCUT2D eigenvalue weighted by Crippen LogP contribution is -2.56. The molecule has 0 spiro atoms. The number of rotatable bonds is 4. The van der Waals surface area contributed by atoms with Crippen LogP contribution in [-0.4, -0.2) is 49.8 Å². The van der Waals surface area contributed by atoms with Crippen LogP contribution in [-0.2, 0) is 4.74 Å². The molecule has 2 rings (SSSR count). The van der Waals surface area contributed by atoms with E-state index >= 15 is 0 Å². The van der Waals surface area contributed by atoms with Crippen LogP contribution in [0.4, 0.5) is 0 Å². The molecule has 2 fully saturated rings. The second-order valence-corrected chi connectivity index (χ2v) is 5.56. The summed E-state index contributed by atoms with van der Waals surface area (Å²) in [5, 5.41) is 3.54. The molecule has 1 heterocycles. The summed E-state index contributed by atoms with van der Waals surface area (Å²) in [6.45, 7) is 5.87. The van der Waals surface area contributed by atoms with Crippen LogP contribution < -0.4 is 5.32 Å². The Morgan fingerprint density at radius 1 is 1.35 bits per heavy atom. The van der Waals surface area contributed by atoms with Gasteiger partial charge < -0.3 is 10.1 Å². The predicted molar refractivity (Wildman–Crippen MR) is 71.3 cm³/mol. The number of hydrogen-bond acceptors (Lipinski definition) is 3. The summed E-state index contributed by atoms with van der Waals surface area (Å²) in [5.41, 5.74) is 0. The maximum atomic E-state index is 5.57. The molecule has 0 aromatic heterocycles. The Morgan fingerprint density at radius 3 is 3.00 bits per heavy atom. The van der Waals surface area contributed by atoms with Gasteiger partial charge in [-0.25, -0.2) is 0 Å². The van der Waals surface area contributed by atoms with E-state index in [9.17, 15) is 0 Å². The molecule has 0 amide bonds. The number of piperazine rings is 1. The summed E-state index contributed by atoms with van der Waals surface area (Å²) < 4.78 is 5.57. The lowest BCUT2D eigenvalue weighted by Gasteiger charge is -2.44. The fourth-order valence-electron chi connectivity index (χ4n) is 3.49. The van der Waals surface area contributed by atoms with Gasteiger partial charge in [-0.3, -0.25) is 4.90 Å². The molecule has 1 saturated carbocycles. The van der Waals surface area contributed by atoms with Gasteiger partial charge >= 0.3 is 0 Å². The number of nitrogens with zero attached hydrogens (tertiary/aromatic N) is 1. The summed E-state index contributed by atoms with van der Waals surface area (Å²) in [7, 11) is 1.87. The second kappa shape index (κ2) is 6.72. The third kappa shape index (κ3) is 3.43. The average molecular weight is 240 g/mol. The van der Waals surface area contributed by atoms with E-state index in [1.165, 1.54) is 51.6 Å². The molecular weight excluding hydrogens is 212 g/mol. The van der Waals surface area contributed by atoms with Crippen LogP contribution in [0.3, 0.4) is 0 Å². The minimum atomic E-state index is 0.505. The highest BCUT2D eigenvalue weighted by molar-refractivity contribution is 4.88. The maximum absolute atomic E-state index is 5.57. The molecule has 1 aliphatic carbocycles. The van der Waals surface area contributed by atoms with Crippen molar-refractivity contribution in [1.82, 2.24) is 10.2 Å². The minimum Gasteiger partial charge on any atom is -0.381 e. The van der Waals surface area contributed by atoms with Crippen molar-refractivity contribution in [2.45, 2.75) is 63.6 Å². The first-order valence-corrected chi connectivity index (χ1v) is 7.34. The molecule has 3 heteroatoms. The first kappa shape index (κ1) is 13.3. The summed E-state index contributed by atoms with van der Waals surface area (Å²) >= 11 is 0. The largest absolute Gasteiger partial charge is 0.381 e. The predicted octanol–water partition coefficient (Wildman–Crippen LogP) is 2.02. The first-order valence-electron chi connectivity index (χ1n) is 7.34. The molecule has 1 aliphatic heterocycles. The fourth-order valence-corrected chi connectivity index (χ4v) is 3.49. The van der Waals surface area contributed by atoms with Gasteiger partial charge in [0.15, 0.2) is 0 Å². The molecule has 3 unspecified atom stereocenters. The molecule has 3 atom stereocenters. The zero-order chi connectivity index (χ0) is 12.1. The van der Waals surface area contributed by atoms with Crippen molar-refractivity contribution >= 4 is 0 Å². The molecule has 0 aromatic carbocycles. The Hall–Kier alpha value is -0.120. The van der Waals surface area contributed by atoms with Gasteiger partial charge in [0.25, 0.3) is 0 Å². The van der Waals surface area contributed by atoms with Crippen LogP contribution in [0.25, 0.3) is 0 Å². The topological polar surface area (TPSA) is 24.5 Å². The van der Waals surface area contributed by atoms with E-state index in [2.05, 4.69) is 17.1 Å². The van der Waals surface area contributed by atoms with Gasteiger partial charge in [0.05, 0.1) is 6.10 Å². The Morgan fingerprint density at radius 2 is 2.24 bits per heavy atom. The summed E-state index contributed by atoms with van der Waals surface area (Å²) in [6, 6.07) is 1.53. The van der Waals surface area contributed by atoms with Gasteiger partial charge in [0.2, 0.25) is 0 Å². The van der Waals surface area contributed by atoms with Crippen LogP contribution >= 0.6 is 0 Å². The molecule has 1 N–H and O–H groups in total. The van der Waals surface area contributed by atoms with E-state index in [1.807, 2.05) is 7.11 Å². The number of ether oxygens (including phenoxy) is 1. The van der Waals surface area contributed by atoms with Crippen LogP contribution in [0, 0.1) is 0 Å². The lowest BCUT2D eigenvalue weighted by molar-refractivity contribution is 0.00595. The Balaban J connectivity index is 1.92. The zero-order valence-electron chi connectivity index (χ0n) is 11.5. The number of hydrogen-bond donors (Lipinski definition) is 1. The van der Waals surface area contributed by atoms with Gasteiger partial charge in [-0.1, -0.05) is 13.3 Å². The van der Waals surface area contributed by atoms with Crippen molar-refractivity contribution < 1.29 is 4.74 Å². The highest BCUT2D eigenvalue weighted by atomic mass is 16.5. The SMILES string of the molecule is CCCC1CNCCN1C1CCCC(OC)C1. The molecule has 1 saturated heterocycles. The number of methoxy groups -OCH3 is 1. The van der Waals surface area contributed by atoms with Gasteiger partial charge in [-0.05, 0) is 32.1 Å². The van der Waals surface area contributed by atoms with E-state index in [0.29, 0.717) is 6.10 Å². The van der Waals surface area contributed by atoms with E-state index in [-0.39, 0.29) is 0 Å². The van der Waals surface area contributed by atoms with E-state index in [4.69, 9.17) is 4.74 Å². The highest BCUT2D eigenvalue weighted by Crippen LogP contribution is 2.27. The van der Waals surface area contributed by atoms with Crippen LogP contribution in [0.5, 0.6) is 0 Å². The van der Waals surface area contributed by atoms with Crippen molar-refractivity contribution in [2.75, 3.05) is 26.7 Å². The smallest absolute Gasteiger partial charge is 0.0586 e. The lowest BCUT2D eigenvalue weighted by atomic mass is 9.89. The summed E-state index contributed by atoms with van der Waals surface area (Å²) in [4.78, 5) is 2.77. The van der Waals surface area contributed by atoms with E-state index in [0.717, 1.165) is 18.6 Å². The zero-order valence-corrected chi connectivity index (χ0v) is 11.5. The second-order valence-electron chi connectivity index (χ2n) is 5.56. The minimum absolute atomic E-state index is 0.505. The Labute approximate surface area is 106 Å². The molecule has 0 radical (unpaired) electrons. The van der Waals surface area contributed by atoms with Crippen LogP contribution in [0.1, 0.15) is 45.4 Å².